The van der Waals surface area contributed by atoms with Crippen LogP contribution in [0.3, 0.4) is 0 Å². The number of thioether (sulfide) groups is 1. The van der Waals surface area contributed by atoms with Crippen molar-refractivity contribution in [1.82, 2.24) is 10.2 Å². The van der Waals surface area contributed by atoms with Crippen LogP contribution in [0.1, 0.15) is 18.4 Å². The van der Waals surface area contributed by atoms with E-state index in [0.29, 0.717) is 5.91 Å². The first-order valence-electron chi connectivity index (χ1n) is 8.05. The lowest BCUT2D eigenvalue weighted by Gasteiger charge is -2.23. The highest BCUT2D eigenvalue weighted by Gasteiger charge is 2.35. The molecule has 1 amide bonds. The lowest BCUT2D eigenvalue weighted by atomic mass is 9.92. The van der Waals surface area contributed by atoms with Crippen LogP contribution >= 0.6 is 24.2 Å². The molecule has 1 aromatic rings. The maximum absolute atomic E-state index is 12.8. The zero-order valence-electron chi connectivity index (χ0n) is 12.7. The summed E-state index contributed by atoms with van der Waals surface area (Å²) < 4.78 is 0. The summed E-state index contributed by atoms with van der Waals surface area (Å²) in [6.45, 7) is 4.21. The number of carbonyl (C=O) groups is 1. The topological polar surface area (TPSA) is 32.3 Å². The Morgan fingerprint density at radius 3 is 2.50 bits per heavy atom. The molecule has 3 heterocycles. The molecule has 0 aromatic heterocycles. The molecule has 2 fully saturated rings. The first kappa shape index (κ1) is 16.2. The first-order valence-corrected chi connectivity index (χ1v) is 8.93. The monoisotopic (exact) mass is 338 g/mol. The Hall–Kier alpha value is -0.710. The van der Waals surface area contributed by atoms with Crippen molar-refractivity contribution in [3.05, 3.63) is 29.8 Å². The van der Waals surface area contributed by atoms with Gasteiger partial charge in [-0.25, -0.2) is 0 Å². The average molecular weight is 339 g/mol. The summed E-state index contributed by atoms with van der Waals surface area (Å²) in [5, 5.41) is 3.61. The van der Waals surface area contributed by atoms with Crippen LogP contribution in [-0.2, 0) is 11.2 Å². The summed E-state index contributed by atoms with van der Waals surface area (Å²) in [7, 11) is 0. The number of hydrogen-bond acceptors (Lipinski definition) is 3. The van der Waals surface area contributed by atoms with Gasteiger partial charge in [-0.15, -0.1) is 24.2 Å². The van der Waals surface area contributed by atoms with Crippen molar-refractivity contribution in [3.63, 3.8) is 0 Å². The smallest absolute Gasteiger partial charge is 0.236 e. The summed E-state index contributed by atoms with van der Waals surface area (Å²) in [6.07, 6.45) is 3.26. The van der Waals surface area contributed by atoms with E-state index in [1.54, 1.807) is 11.8 Å². The minimum Gasteiger partial charge on any atom is -0.342 e. The molecular formula is C17H23ClN2OS. The number of nitrogens with one attached hydrogen (secondary N) is 1. The summed E-state index contributed by atoms with van der Waals surface area (Å²) in [6, 6.07) is 8.45. The van der Waals surface area contributed by atoms with Crippen LogP contribution in [0.4, 0.5) is 0 Å². The van der Waals surface area contributed by atoms with E-state index in [1.807, 2.05) is 0 Å². The SMILES string of the molecule is Cl.O=C(C1Cc2ccccc2S1)N1CC[C@@H]2CNC[C@@H]2CC1. The maximum Gasteiger partial charge on any atom is 0.236 e. The van der Waals surface area contributed by atoms with Crippen molar-refractivity contribution >= 4 is 30.1 Å². The van der Waals surface area contributed by atoms with E-state index in [1.165, 1.54) is 23.3 Å². The van der Waals surface area contributed by atoms with Crippen LogP contribution in [0, 0.1) is 11.8 Å². The standard InChI is InChI=1S/C17H22N2OS.ClH/c20-17(16-9-12-3-1-2-4-15(12)21-16)19-7-5-13-10-18-11-14(13)6-8-19;/h1-4,13-14,16,18H,5-11H2;1H/t13-,14+,16?;. The predicted octanol–water partition coefficient (Wildman–Crippen LogP) is 2.58. The Kier molecular flexibility index (Phi) is 5.00. The van der Waals surface area contributed by atoms with E-state index in [2.05, 4.69) is 34.5 Å². The molecule has 0 spiro atoms. The molecule has 3 atom stereocenters. The van der Waals surface area contributed by atoms with Crippen LogP contribution in [-0.4, -0.2) is 42.2 Å². The van der Waals surface area contributed by atoms with Crippen LogP contribution in [0.25, 0.3) is 0 Å². The number of amides is 1. The minimum absolute atomic E-state index is 0. The Balaban J connectivity index is 0.00000144. The lowest BCUT2D eigenvalue weighted by molar-refractivity contribution is -0.130. The average Bonchev–Trinajstić information content (AvgIpc) is 3.09. The predicted molar refractivity (Wildman–Crippen MR) is 92.7 cm³/mol. The number of halogens is 1. The van der Waals surface area contributed by atoms with Crippen molar-refractivity contribution in [1.29, 1.82) is 0 Å². The summed E-state index contributed by atoms with van der Waals surface area (Å²) in [5.41, 5.74) is 1.34. The van der Waals surface area contributed by atoms with Crippen molar-refractivity contribution in [2.24, 2.45) is 11.8 Å². The van der Waals surface area contributed by atoms with E-state index >= 15 is 0 Å². The molecule has 22 heavy (non-hydrogen) atoms. The largest absolute Gasteiger partial charge is 0.342 e. The van der Waals surface area contributed by atoms with E-state index in [4.69, 9.17) is 0 Å². The Labute approximate surface area is 142 Å². The number of nitrogens with zero attached hydrogens (tertiary/aromatic N) is 1. The highest BCUT2D eigenvalue weighted by molar-refractivity contribution is 8.01. The molecule has 2 saturated heterocycles. The van der Waals surface area contributed by atoms with E-state index in [9.17, 15) is 4.79 Å². The molecule has 1 N–H and O–H groups in total. The molecule has 0 aliphatic carbocycles. The van der Waals surface area contributed by atoms with Crippen molar-refractivity contribution in [2.45, 2.75) is 29.4 Å². The number of benzene rings is 1. The third-order valence-corrected chi connectivity index (χ3v) is 6.56. The van der Waals surface area contributed by atoms with Gasteiger partial charge in [0.25, 0.3) is 0 Å². The molecule has 0 bridgehead atoms. The fourth-order valence-electron chi connectivity index (χ4n) is 3.96. The second-order valence-electron chi connectivity index (χ2n) is 6.50. The van der Waals surface area contributed by atoms with Crippen LogP contribution in [0.15, 0.2) is 29.2 Å². The van der Waals surface area contributed by atoms with Crippen LogP contribution in [0.5, 0.6) is 0 Å². The molecule has 0 radical (unpaired) electrons. The third-order valence-electron chi connectivity index (χ3n) is 5.25. The summed E-state index contributed by atoms with van der Waals surface area (Å²) >= 11 is 1.76. The van der Waals surface area contributed by atoms with Gasteiger partial charge in [0.2, 0.25) is 5.91 Å². The molecule has 4 rings (SSSR count). The zero-order valence-corrected chi connectivity index (χ0v) is 14.3. The van der Waals surface area contributed by atoms with Gasteiger partial charge in [-0.1, -0.05) is 18.2 Å². The molecule has 5 heteroatoms. The zero-order chi connectivity index (χ0) is 14.2. The fraction of sp³-hybridized carbons (Fsp3) is 0.588. The Bertz CT molecular complexity index is 514. The van der Waals surface area contributed by atoms with Gasteiger partial charge in [-0.2, -0.15) is 0 Å². The first-order chi connectivity index (χ1) is 10.3. The lowest BCUT2D eigenvalue weighted by Crippen LogP contribution is -2.38. The highest BCUT2D eigenvalue weighted by atomic mass is 35.5. The highest BCUT2D eigenvalue weighted by Crippen LogP contribution is 2.38. The normalized spacial score (nSPS) is 30.2. The molecule has 1 unspecified atom stereocenters. The molecule has 3 aliphatic rings. The van der Waals surface area contributed by atoms with Gasteiger partial charge in [-0.3, -0.25) is 4.79 Å². The van der Waals surface area contributed by atoms with Gasteiger partial charge < -0.3 is 10.2 Å². The van der Waals surface area contributed by atoms with Gasteiger partial charge in [0.15, 0.2) is 0 Å². The number of rotatable bonds is 1. The molecule has 1 aromatic carbocycles. The Morgan fingerprint density at radius 1 is 1.14 bits per heavy atom. The van der Waals surface area contributed by atoms with Crippen LogP contribution in [0.2, 0.25) is 0 Å². The van der Waals surface area contributed by atoms with Gasteiger partial charge >= 0.3 is 0 Å². The Morgan fingerprint density at radius 2 is 1.82 bits per heavy atom. The van der Waals surface area contributed by atoms with Crippen molar-refractivity contribution in [3.8, 4) is 0 Å². The number of carbonyl (C=O) groups excluding carboxylic acids is 1. The quantitative estimate of drug-likeness (QED) is 0.854. The summed E-state index contributed by atoms with van der Waals surface area (Å²) in [4.78, 5) is 16.3. The minimum atomic E-state index is 0. The van der Waals surface area contributed by atoms with Gasteiger partial charge in [-0.05, 0) is 55.8 Å². The van der Waals surface area contributed by atoms with Crippen LogP contribution < -0.4 is 5.32 Å². The van der Waals surface area contributed by atoms with Gasteiger partial charge in [0.1, 0.15) is 0 Å². The second kappa shape index (κ2) is 6.81. The molecule has 3 aliphatic heterocycles. The number of likely N-dealkylation sites (tertiary alicyclic amines) is 1. The fourth-order valence-corrected chi connectivity index (χ4v) is 5.24. The third kappa shape index (κ3) is 3.01. The number of fused-ring (bicyclic) bond motifs is 2. The molecule has 3 nitrogen and oxygen atoms in total. The van der Waals surface area contributed by atoms with E-state index in [-0.39, 0.29) is 17.7 Å². The van der Waals surface area contributed by atoms with E-state index < -0.39 is 0 Å². The van der Waals surface area contributed by atoms with Crippen molar-refractivity contribution in [2.75, 3.05) is 26.2 Å². The van der Waals surface area contributed by atoms with Gasteiger partial charge in [0.05, 0.1) is 5.25 Å². The molecule has 0 saturated carbocycles. The molecular weight excluding hydrogens is 316 g/mol. The second-order valence-corrected chi connectivity index (χ2v) is 7.74. The molecule has 120 valence electrons. The summed E-state index contributed by atoms with van der Waals surface area (Å²) in [5.74, 6) is 1.94. The van der Waals surface area contributed by atoms with Gasteiger partial charge in [0, 0.05) is 18.0 Å². The maximum atomic E-state index is 12.8. The number of hydrogen-bond donors (Lipinski definition) is 1. The van der Waals surface area contributed by atoms with Crippen molar-refractivity contribution < 1.29 is 4.79 Å². The van der Waals surface area contributed by atoms with E-state index in [0.717, 1.165) is 44.4 Å².